The molecule has 1 aromatic carbocycles. The summed E-state index contributed by atoms with van der Waals surface area (Å²) in [7, 11) is 1.55. The highest BCUT2D eigenvalue weighted by molar-refractivity contribution is 9.10. The quantitative estimate of drug-likeness (QED) is 0.584. The van der Waals surface area contributed by atoms with E-state index < -0.39 is 11.7 Å². The first-order chi connectivity index (χ1) is 10.3. The second-order valence-electron chi connectivity index (χ2n) is 5.42. The zero-order chi connectivity index (χ0) is 16.6. The van der Waals surface area contributed by atoms with E-state index in [1.54, 1.807) is 19.2 Å². The maximum absolute atomic E-state index is 11.5. The number of amides is 1. The van der Waals surface area contributed by atoms with Crippen molar-refractivity contribution >= 4 is 22.0 Å². The molecule has 6 nitrogen and oxygen atoms in total. The minimum atomic E-state index is -0.517. The lowest BCUT2D eigenvalue weighted by Gasteiger charge is -2.19. The molecule has 7 heteroatoms. The molecule has 1 amide bonds. The Morgan fingerprint density at radius 2 is 1.95 bits per heavy atom. The third-order valence-corrected chi connectivity index (χ3v) is 2.76. The van der Waals surface area contributed by atoms with Gasteiger partial charge >= 0.3 is 6.09 Å². The molecule has 0 saturated heterocycles. The second-order valence-corrected chi connectivity index (χ2v) is 6.33. The Kier molecular flexibility index (Phi) is 7.47. The van der Waals surface area contributed by atoms with Gasteiger partial charge in [0.05, 0.1) is 6.54 Å². The molecular formula is C15H22BrNO5. The van der Waals surface area contributed by atoms with Gasteiger partial charge in [0.15, 0.2) is 18.3 Å². The van der Waals surface area contributed by atoms with Gasteiger partial charge in [-0.3, -0.25) is 0 Å². The van der Waals surface area contributed by atoms with Gasteiger partial charge < -0.3 is 24.3 Å². The van der Waals surface area contributed by atoms with Crippen molar-refractivity contribution in [1.82, 2.24) is 5.32 Å². The van der Waals surface area contributed by atoms with E-state index in [-0.39, 0.29) is 6.79 Å². The van der Waals surface area contributed by atoms with Gasteiger partial charge in [-0.15, -0.1) is 0 Å². The van der Waals surface area contributed by atoms with Gasteiger partial charge in [0.25, 0.3) is 0 Å². The highest BCUT2D eigenvalue weighted by Gasteiger charge is 2.15. The van der Waals surface area contributed by atoms with Crippen molar-refractivity contribution in [3.05, 3.63) is 22.7 Å². The van der Waals surface area contributed by atoms with E-state index >= 15 is 0 Å². The van der Waals surface area contributed by atoms with Crippen LogP contribution in [0.15, 0.2) is 22.7 Å². The summed E-state index contributed by atoms with van der Waals surface area (Å²) < 4.78 is 21.9. The van der Waals surface area contributed by atoms with Crippen molar-refractivity contribution in [3.63, 3.8) is 0 Å². The first-order valence-electron chi connectivity index (χ1n) is 6.83. The molecule has 1 aromatic rings. The van der Waals surface area contributed by atoms with Crippen molar-refractivity contribution in [3.8, 4) is 11.5 Å². The molecule has 0 aliphatic heterocycles. The monoisotopic (exact) mass is 375 g/mol. The Morgan fingerprint density at radius 1 is 1.23 bits per heavy atom. The third kappa shape index (κ3) is 7.51. The second kappa shape index (κ2) is 8.85. The van der Waals surface area contributed by atoms with E-state index in [1.807, 2.05) is 26.8 Å². The summed E-state index contributed by atoms with van der Waals surface area (Å²) in [6.07, 6.45) is -0.471. The Balaban J connectivity index is 2.44. The lowest BCUT2D eigenvalue weighted by atomic mass is 10.2. The summed E-state index contributed by atoms with van der Waals surface area (Å²) in [6.45, 7) is 6.18. The Bertz CT molecular complexity index is 487. The number of ether oxygens (including phenoxy) is 4. The van der Waals surface area contributed by atoms with E-state index in [9.17, 15) is 4.79 Å². The number of halogens is 1. The number of nitrogens with one attached hydrogen (secondary N) is 1. The zero-order valence-electron chi connectivity index (χ0n) is 13.3. The Labute approximate surface area is 139 Å². The van der Waals surface area contributed by atoms with Gasteiger partial charge in [0.1, 0.15) is 12.2 Å². The fourth-order valence-corrected chi connectivity index (χ4v) is 1.80. The average molecular weight is 376 g/mol. The normalized spacial score (nSPS) is 11.0. The number of rotatable bonds is 7. The van der Waals surface area contributed by atoms with E-state index in [4.69, 9.17) is 18.9 Å². The van der Waals surface area contributed by atoms with Crippen molar-refractivity contribution in [2.75, 3.05) is 27.1 Å². The number of hydrogen-bond donors (Lipinski definition) is 1. The smallest absolute Gasteiger partial charge is 0.407 e. The van der Waals surface area contributed by atoms with Gasteiger partial charge in [-0.2, -0.15) is 0 Å². The number of hydrogen-bond acceptors (Lipinski definition) is 5. The molecule has 0 aromatic heterocycles. The van der Waals surface area contributed by atoms with Crippen LogP contribution in [0.4, 0.5) is 4.79 Å². The largest absolute Gasteiger partial charge is 0.488 e. The standard InChI is InChI=1S/C15H22BrNO5/c1-15(2,3)22-14(18)17-7-8-20-13-9-11(16)5-6-12(13)21-10-19-4/h5-6,9H,7-8,10H2,1-4H3,(H,17,18). The van der Waals surface area contributed by atoms with Crippen LogP contribution in [-0.4, -0.2) is 38.7 Å². The molecule has 124 valence electrons. The first-order valence-corrected chi connectivity index (χ1v) is 7.62. The van der Waals surface area contributed by atoms with Crippen LogP contribution in [0, 0.1) is 0 Å². The molecule has 0 aliphatic rings. The summed E-state index contributed by atoms with van der Waals surface area (Å²) in [5.74, 6) is 1.14. The molecular weight excluding hydrogens is 354 g/mol. The molecule has 0 aliphatic carbocycles. The van der Waals surface area contributed by atoms with Crippen LogP contribution in [0.3, 0.4) is 0 Å². The molecule has 22 heavy (non-hydrogen) atoms. The number of carbonyl (C=O) groups is 1. The van der Waals surface area contributed by atoms with E-state index in [0.29, 0.717) is 24.7 Å². The molecule has 0 heterocycles. The molecule has 1 N–H and O–H groups in total. The van der Waals surface area contributed by atoms with E-state index in [0.717, 1.165) is 4.47 Å². The van der Waals surface area contributed by atoms with Gasteiger partial charge in [-0.1, -0.05) is 15.9 Å². The number of alkyl carbamates (subject to hydrolysis) is 1. The van der Waals surface area contributed by atoms with Crippen molar-refractivity contribution in [1.29, 1.82) is 0 Å². The number of benzene rings is 1. The predicted molar refractivity (Wildman–Crippen MR) is 86.4 cm³/mol. The highest BCUT2D eigenvalue weighted by atomic mass is 79.9. The summed E-state index contributed by atoms with van der Waals surface area (Å²) in [6, 6.07) is 5.41. The summed E-state index contributed by atoms with van der Waals surface area (Å²) in [5.41, 5.74) is -0.517. The maximum Gasteiger partial charge on any atom is 0.407 e. The molecule has 0 saturated carbocycles. The van der Waals surface area contributed by atoms with E-state index in [2.05, 4.69) is 21.2 Å². The molecule has 0 spiro atoms. The van der Waals surface area contributed by atoms with Crippen LogP contribution >= 0.6 is 15.9 Å². The lowest BCUT2D eigenvalue weighted by molar-refractivity contribution is 0.0481. The first kappa shape index (κ1) is 18.6. The van der Waals surface area contributed by atoms with Gasteiger partial charge in [0, 0.05) is 11.6 Å². The van der Waals surface area contributed by atoms with Crippen LogP contribution in [0.2, 0.25) is 0 Å². The highest BCUT2D eigenvalue weighted by Crippen LogP contribution is 2.30. The average Bonchev–Trinajstić information content (AvgIpc) is 2.40. The van der Waals surface area contributed by atoms with E-state index in [1.165, 1.54) is 0 Å². The predicted octanol–water partition coefficient (Wildman–Crippen LogP) is 3.34. The van der Waals surface area contributed by atoms with Crippen LogP contribution in [0.5, 0.6) is 11.5 Å². The summed E-state index contributed by atoms with van der Waals surface area (Å²) in [5, 5.41) is 2.62. The lowest BCUT2D eigenvalue weighted by Crippen LogP contribution is -2.34. The zero-order valence-corrected chi connectivity index (χ0v) is 14.9. The van der Waals surface area contributed by atoms with Crippen molar-refractivity contribution in [2.24, 2.45) is 0 Å². The molecule has 0 atom stereocenters. The van der Waals surface area contributed by atoms with Crippen molar-refractivity contribution in [2.45, 2.75) is 26.4 Å². The van der Waals surface area contributed by atoms with Gasteiger partial charge in [0.2, 0.25) is 0 Å². The minimum absolute atomic E-state index is 0.133. The maximum atomic E-state index is 11.5. The topological polar surface area (TPSA) is 66.0 Å². The Hall–Kier alpha value is -1.47. The van der Waals surface area contributed by atoms with Crippen molar-refractivity contribution < 1.29 is 23.7 Å². The SMILES string of the molecule is COCOc1ccc(Br)cc1OCCNC(=O)OC(C)(C)C. The fraction of sp³-hybridized carbons (Fsp3) is 0.533. The summed E-state index contributed by atoms with van der Waals surface area (Å²) in [4.78, 5) is 11.5. The van der Waals surface area contributed by atoms with Crippen LogP contribution in [-0.2, 0) is 9.47 Å². The summed E-state index contributed by atoms with van der Waals surface area (Å²) >= 11 is 3.37. The molecule has 0 bridgehead atoms. The molecule has 0 fully saturated rings. The van der Waals surface area contributed by atoms with Crippen LogP contribution in [0.1, 0.15) is 20.8 Å². The minimum Gasteiger partial charge on any atom is -0.488 e. The number of methoxy groups -OCH3 is 1. The van der Waals surface area contributed by atoms with Crippen LogP contribution in [0.25, 0.3) is 0 Å². The number of carbonyl (C=O) groups excluding carboxylic acids is 1. The molecule has 0 radical (unpaired) electrons. The van der Waals surface area contributed by atoms with Crippen LogP contribution < -0.4 is 14.8 Å². The third-order valence-electron chi connectivity index (χ3n) is 2.27. The molecule has 1 rings (SSSR count). The fourth-order valence-electron chi connectivity index (χ4n) is 1.46. The van der Waals surface area contributed by atoms with Gasteiger partial charge in [-0.25, -0.2) is 4.79 Å². The van der Waals surface area contributed by atoms with Gasteiger partial charge in [-0.05, 0) is 39.0 Å². The molecule has 0 unspecified atom stereocenters. The Morgan fingerprint density at radius 3 is 2.59 bits per heavy atom.